The van der Waals surface area contributed by atoms with Crippen LogP contribution in [0.3, 0.4) is 0 Å². The minimum atomic E-state index is -4.07. The van der Waals surface area contributed by atoms with Crippen molar-refractivity contribution in [3.05, 3.63) is 237 Å². The molecule has 0 fully saturated rings. The lowest BCUT2D eigenvalue weighted by atomic mass is 10.2. The Morgan fingerprint density at radius 3 is 1.32 bits per heavy atom. The van der Waals surface area contributed by atoms with Crippen LogP contribution in [0.5, 0.6) is 28.7 Å². The van der Waals surface area contributed by atoms with Gasteiger partial charge in [0.25, 0.3) is 30.4 Å². The van der Waals surface area contributed by atoms with Gasteiger partial charge in [0.1, 0.15) is 11.6 Å². The number of nitro groups is 2. The first-order chi connectivity index (χ1) is 47.0. The van der Waals surface area contributed by atoms with E-state index in [9.17, 15) is 59.0 Å². The Morgan fingerprint density at radius 2 is 0.900 bits per heavy atom. The van der Waals surface area contributed by atoms with Gasteiger partial charge in [0.2, 0.25) is 0 Å². The SMILES string of the molecule is CC(C)Oc1ccc(N)cc1F.CC(C)Oc1ccc(S(=O)(=O)Cl)cc1F.CC(C)Oc1ccc([N+](=O)[O-])cc1F.Cc1cc(N)n(-c2cccc3ncccc23)n1.Cc1cc(NS(=O)(=O)c2ccc(OC(C)C)c(F)c2)n(-c2cccc3ncccc23)n1.O=[N+]([O-])c1ccc(O)c(F)c1. The number of benzene rings is 7. The van der Waals surface area contributed by atoms with Crippen LogP contribution in [0.15, 0.2) is 186 Å². The molecule has 528 valence electrons. The molecule has 0 aliphatic carbocycles. The molecule has 24 nitrogen and oxygen atoms in total. The predicted octanol–water partition coefficient (Wildman–Crippen LogP) is 15.5. The van der Waals surface area contributed by atoms with E-state index in [4.69, 9.17) is 46.2 Å². The average molecular weight is 1440 g/mol. The van der Waals surface area contributed by atoms with Crippen molar-refractivity contribution < 1.29 is 72.7 Å². The minimum absolute atomic E-state index is 0.00177. The number of rotatable bonds is 16. The van der Waals surface area contributed by atoms with E-state index < -0.39 is 63.8 Å². The van der Waals surface area contributed by atoms with Crippen LogP contribution in [-0.4, -0.2) is 85.7 Å². The Bertz CT molecular complexity index is 4910. The first-order valence-electron chi connectivity index (χ1n) is 29.9. The summed E-state index contributed by atoms with van der Waals surface area (Å²) in [5.74, 6) is -3.04. The Hall–Kier alpha value is -11.2. The van der Waals surface area contributed by atoms with Gasteiger partial charge < -0.3 is 35.5 Å². The molecule has 0 bridgehead atoms. The number of nitro benzene ring substituents is 2. The van der Waals surface area contributed by atoms with Gasteiger partial charge in [0.05, 0.1) is 90.0 Å². The fourth-order valence-corrected chi connectivity index (χ4v) is 10.4. The van der Waals surface area contributed by atoms with Crippen molar-refractivity contribution in [2.24, 2.45) is 0 Å². The van der Waals surface area contributed by atoms with Gasteiger partial charge in [-0.25, -0.2) is 48.2 Å². The highest BCUT2D eigenvalue weighted by molar-refractivity contribution is 8.13. The fraction of sp³-hybridized carbons (Fsp3) is 0.206. The summed E-state index contributed by atoms with van der Waals surface area (Å²) in [6, 6.07) is 39.7. The lowest BCUT2D eigenvalue weighted by Gasteiger charge is -2.14. The summed E-state index contributed by atoms with van der Waals surface area (Å²) in [4.78, 5) is 27.1. The lowest BCUT2D eigenvalue weighted by Crippen LogP contribution is -2.16. The van der Waals surface area contributed by atoms with E-state index in [1.54, 1.807) is 83.7 Å². The van der Waals surface area contributed by atoms with Crippen molar-refractivity contribution in [1.82, 2.24) is 29.5 Å². The molecular weight excluding hydrogens is 1370 g/mol. The Morgan fingerprint density at radius 1 is 0.500 bits per heavy atom. The number of nitrogen functional groups attached to an aromatic ring is 2. The van der Waals surface area contributed by atoms with Crippen LogP contribution in [0.4, 0.5) is 50.6 Å². The largest absolute Gasteiger partial charge is 0.505 e. The minimum Gasteiger partial charge on any atom is -0.505 e. The molecule has 32 heteroatoms. The molecule has 0 aliphatic rings. The van der Waals surface area contributed by atoms with Crippen molar-refractivity contribution in [2.75, 3.05) is 16.2 Å². The van der Waals surface area contributed by atoms with Gasteiger partial charge in [0.15, 0.2) is 57.8 Å². The van der Waals surface area contributed by atoms with E-state index in [1.807, 2.05) is 81.4 Å². The second-order valence-corrected chi connectivity index (χ2v) is 26.5. The van der Waals surface area contributed by atoms with Crippen molar-refractivity contribution >= 4 is 80.3 Å². The van der Waals surface area contributed by atoms with Crippen molar-refractivity contribution in [1.29, 1.82) is 0 Å². The zero-order valence-electron chi connectivity index (χ0n) is 55.2. The Kier molecular flexibility index (Phi) is 27.1. The van der Waals surface area contributed by atoms with Crippen LogP contribution < -0.4 is 35.1 Å². The molecule has 100 heavy (non-hydrogen) atoms. The Labute approximate surface area is 576 Å². The number of anilines is 3. The molecule has 11 rings (SSSR count). The van der Waals surface area contributed by atoms with Crippen LogP contribution in [-0.2, 0) is 19.1 Å². The molecule has 0 spiro atoms. The first-order valence-corrected chi connectivity index (χ1v) is 33.7. The maximum Gasteiger partial charge on any atom is 0.272 e. The highest BCUT2D eigenvalue weighted by Gasteiger charge is 2.22. The molecule has 4 heterocycles. The number of halogens is 6. The maximum absolute atomic E-state index is 14.4. The fourth-order valence-electron chi connectivity index (χ4n) is 8.62. The zero-order valence-corrected chi connectivity index (χ0v) is 57.6. The van der Waals surface area contributed by atoms with Gasteiger partial charge in [-0.2, -0.15) is 10.2 Å². The number of hydrogen-bond acceptors (Lipinski definition) is 19. The Balaban J connectivity index is 0.000000198. The number of phenols is 1. The number of nitrogens with two attached hydrogens (primary N) is 2. The van der Waals surface area contributed by atoms with E-state index in [0.29, 0.717) is 29.0 Å². The average Bonchev–Trinajstić information content (AvgIpc) is 1.55. The number of nitrogens with one attached hydrogen (secondary N) is 1. The summed E-state index contributed by atoms with van der Waals surface area (Å²) >= 11 is 0. The predicted molar refractivity (Wildman–Crippen MR) is 370 cm³/mol. The number of phenolic OH excluding ortho intramolecular Hbond substituents is 1. The van der Waals surface area contributed by atoms with Crippen molar-refractivity contribution in [2.45, 2.75) is 103 Å². The highest BCUT2D eigenvalue weighted by Crippen LogP contribution is 2.31. The number of nitrogens with zero attached hydrogens (tertiary/aromatic N) is 8. The summed E-state index contributed by atoms with van der Waals surface area (Å²) in [5, 5.41) is 39.6. The number of ether oxygens (including phenoxy) is 4. The summed E-state index contributed by atoms with van der Waals surface area (Å²) in [5.41, 5.74) is 15.9. The molecular formula is C68H69ClF5N11O13S2. The van der Waals surface area contributed by atoms with Crippen LogP contribution >= 0.6 is 10.7 Å². The molecule has 0 saturated carbocycles. The maximum atomic E-state index is 14.4. The van der Waals surface area contributed by atoms with Gasteiger partial charge in [-0.15, -0.1) is 0 Å². The van der Waals surface area contributed by atoms with E-state index in [1.165, 1.54) is 53.2 Å². The van der Waals surface area contributed by atoms with E-state index in [0.717, 1.165) is 63.5 Å². The van der Waals surface area contributed by atoms with E-state index in [-0.39, 0.29) is 74.4 Å². The number of sulfonamides is 1. The normalized spacial score (nSPS) is 11.0. The monoisotopic (exact) mass is 1440 g/mol. The summed E-state index contributed by atoms with van der Waals surface area (Å²) in [6.45, 7) is 17.9. The topological polar surface area (TPSA) is 337 Å². The number of hydrogen-bond donors (Lipinski definition) is 4. The second kappa shape index (κ2) is 34.9. The lowest BCUT2D eigenvalue weighted by molar-refractivity contribution is -0.385. The van der Waals surface area contributed by atoms with E-state index >= 15 is 0 Å². The van der Waals surface area contributed by atoms with Crippen LogP contribution in [0.25, 0.3) is 33.2 Å². The number of aromatic hydroxyl groups is 1. The number of aromatic nitrogens is 6. The zero-order chi connectivity index (χ0) is 73.9. The molecule has 0 radical (unpaired) electrons. The third-order valence-electron chi connectivity index (χ3n) is 12.7. The van der Waals surface area contributed by atoms with Crippen molar-refractivity contribution in [3.63, 3.8) is 0 Å². The summed E-state index contributed by atoms with van der Waals surface area (Å²) < 4.78 is 140. The van der Waals surface area contributed by atoms with Gasteiger partial charge in [0, 0.05) is 69.9 Å². The van der Waals surface area contributed by atoms with Gasteiger partial charge in [-0.1, -0.05) is 12.1 Å². The van der Waals surface area contributed by atoms with Gasteiger partial charge in [-0.05, 0) is 178 Å². The standard InChI is InChI=1S/C22H21FN4O3S.C13H12N4.C9H10ClFO3S.C9H10FNO3.C9H12FNO.C6H4FNO3/c1-14(2)30-21-10-9-16(13-18(21)23)31(28,29)26-22-12-15(3)25-27(22)20-8-4-7-19-17(20)6-5-11-24-19;1-9-8-13(14)17(16-9)12-6-2-5-11-10(12)4-3-7-15-11;1-6(2)14-9-4-3-7(5-8(9)11)15(10,12)13;1-6(2)14-9-4-3-7(11(12)13)5-8(9)10;1-6(2)12-9-4-3-7(11)5-8(9)10;7-5-3-4(8(10)11)1-2-6(5)9/h4-14,26H,1-3H3;2-8H,14H2,1H3;3-6H,1-2H3;3-6H,1-2H3;3-6H,11H2,1-2H3;1-3,9H. The smallest absolute Gasteiger partial charge is 0.272 e. The van der Waals surface area contributed by atoms with E-state index in [2.05, 4.69) is 24.9 Å². The number of pyridine rings is 2. The third kappa shape index (κ3) is 22.4. The third-order valence-corrected chi connectivity index (χ3v) is 15.4. The number of fused-ring (bicyclic) bond motifs is 2. The van der Waals surface area contributed by atoms with Crippen LogP contribution in [0.2, 0.25) is 0 Å². The molecule has 0 amide bonds. The second-order valence-electron chi connectivity index (χ2n) is 22.2. The molecule has 4 aromatic heterocycles. The van der Waals surface area contributed by atoms with Crippen LogP contribution in [0.1, 0.15) is 66.8 Å². The van der Waals surface area contributed by atoms with Crippen molar-refractivity contribution in [3.8, 4) is 40.1 Å². The summed E-state index contributed by atoms with van der Waals surface area (Å²) in [6.07, 6.45) is 2.87. The quantitative estimate of drug-likeness (QED) is 0.0229. The highest BCUT2D eigenvalue weighted by atomic mass is 35.7. The van der Waals surface area contributed by atoms with Crippen LogP contribution in [0, 0.1) is 63.2 Å². The molecule has 0 saturated heterocycles. The first kappa shape index (κ1) is 77.8. The molecule has 6 N–H and O–H groups in total. The van der Waals surface area contributed by atoms with Gasteiger partial charge >= 0.3 is 0 Å². The molecule has 0 aliphatic heterocycles. The molecule has 0 unspecified atom stereocenters. The summed E-state index contributed by atoms with van der Waals surface area (Å²) in [7, 11) is -2.91. The number of aryl methyl sites for hydroxylation is 2. The molecule has 11 aromatic rings. The molecule has 0 atom stereocenters. The number of non-ortho nitro benzene ring substituents is 2. The molecule has 7 aromatic carbocycles. The van der Waals surface area contributed by atoms with Gasteiger partial charge in [-0.3, -0.25) is 34.9 Å².